The molecule has 1 heterocycles. The van der Waals surface area contributed by atoms with Crippen molar-refractivity contribution in [2.75, 3.05) is 18.2 Å². The minimum absolute atomic E-state index is 0.00239. The molecular weight excluding hydrogens is 438 g/mol. The number of methoxy groups -OCH3 is 1. The van der Waals surface area contributed by atoms with E-state index in [0.717, 1.165) is 30.0 Å². The summed E-state index contributed by atoms with van der Waals surface area (Å²) >= 11 is 1.15. The van der Waals surface area contributed by atoms with E-state index in [2.05, 4.69) is 15.5 Å². The fourth-order valence-corrected chi connectivity index (χ4v) is 3.86. The Balaban J connectivity index is 1.70. The van der Waals surface area contributed by atoms with Crippen LogP contribution in [0.25, 0.3) is 0 Å². The number of aromatic nitrogens is 3. The maximum absolute atomic E-state index is 13.7. The summed E-state index contributed by atoms with van der Waals surface area (Å²) in [5.41, 5.74) is -0.207. The van der Waals surface area contributed by atoms with Crippen LogP contribution in [0.5, 0.6) is 11.5 Å². The SMILES string of the molecule is COc1cccc(OC(C)c2nnc(SCC(=O)Nc3cc(F)ccc3F)n2C(C)C)c1. The zero-order valence-corrected chi connectivity index (χ0v) is 19.0. The number of thioether (sulfide) groups is 1. The molecule has 1 atom stereocenters. The van der Waals surface area contributed by atoms with Gasteiger partial charge in [0.05, 0.1) is 18.6 Å². The molecule has 0 saturated carbocycles. The molecule has 170 valence electrons. The van der Waals surface area contributed by atoms with Gasteiger partial charge in [-0.15, -0.1) is 10.2 Å². The van der Waals surface area contributed by atoms with Gasteiger partial charge in [-0.2, -0.15) is 0 Å². The predicted octanol–water partition coefficient (Wildman–Crippen LogP) is 5.02. The molecule has 0 aliphatic carbocycles. The second kappa shape index (κ2) is 10.4. The lowest BCUT2D eigenvalue weighted by molar-refractivity contribution is -0.113. The number of carbonyl (C=O) groups excluding carboxylic acids is 1. The van der Waals surface area contributed by atoms with Crippen molar-refractivity contribution in [1.29, 1.82) is 0 Å². The molecule has 0 saturated heterocycles. The summed E-state index contributed by atoms with van der Waals surface area (Å²) in [5, 5.41) is 11.4. The van der Waals surface area contributed by atoms with Gasteiger partial charge >= 0.3 is 0 Å². The van der Waals surface area contributed by atoms with Crippen molar-refractivity contribution in [3.63, 3.8) is 0 Å². The number of hydrogen-bond donors (Lipinski definition) is 1. The highest BCUT2D eigenvalue weighted by Crippen LogP contribution is 2.29. The Morgan fingerprint density at radius 1 is 1.12 bits per heavy atom. The number of amides is 1. The number of anilines is 1. The van der Waals surface area contributed by atoms with Gasteiger partial charge < -0.3 is 19.4 Å². The van der Waals surface area contributed by atoms with Crippen molar-refractivity contribution in [3.8, 4) is 11.5 Å². The predicted molar refractivity (Wildman–Crippen MR) is 118 cm³/mol. The third kappa shape index (κ3) is 5.76. The first kappa shape index (κ1) is 23.5. The molecule has 1 N–H and O–H groups in total. The van der Waals surface area contributed by atoms with Crippen molar-refractivity contribution in [1.82, 2.24) is 14.8 Å². The number of carbonyl (C=O) groups is 1. The van der Waals surface area contributed by atoms with Crippen LogP contribution < -0.4 is 14.8 Å². The van der Waals surface area contributed by atoms with Crippen molar-refractivity contribution < 1.29 is 23.0 Å². The topological polar surface area (TPSA) is 78.3 Å². The quantitative estimate of drug-likeness (QED) is 0.450. The number of hydrogen-bond acceptors (Lipinski definition) is 6. The van der Waals surface area contributed by atoms with Crippen LogP contribution in [0, 0.1) is 11.6 Å². The minimum Gasteiger partial charge on any atom is -0.497 e. The molecule has 1 amide bonds. The van der Waals surface area contributed by atoms with Crippen LogP contribution in [-0.2, 0) is 4.79 Å². The highest BCUT2D eigenvalue weighted by Gasteiger charge is 2.22. The highest BCUT2D eigenvalue weighted by molar-refractivity contribution is 7.99. The summed E-state index contributed by atoms with van der Waals surface area (Å²) in [6.07, 6.45) is -0.415. The van der Waals surface area contributed by atoms with Gasteiger partial charge in [0.15, 0.2) is 17.1 Å². The lowest BCUT2D eigenvalue weighted by atomic mass is 10.3. The Bertz CT molecular complexity index is 1090. The van der Waals surface area contributed by atoms with Gasteiger partial charge in [0.25, 0.3) is 0 Å². The fourth-order valence-electron chi connectivity index (χ4n) is 2.99. The molecule has 1 unspecified atom stereocenters. The number of ether oxygens (including phenoxy) is 2. The Morgan fingerprint density at radius 3 is 2.59 bits per heavy atom. The lowest BCUT2D eigenvalue weighted by Crippen LogP contribution is -2.17. The second-order valence-electron chi connectivity index (χ2n) is 7.20. The molecule has 0 radical (unpaired) electrons. The number of rotatable bonds is 9. The maximum Gasteiger partial charge on any atom is 0.234 e. The van der Waals surface area contributed by atoms with Crippen LogP contribution in [0.4, 0.5) is 14.5 Å². The monoisotopic (exact) mass is 462 g/mol. The first-order valence-electron chi connectivity index (χ1n) is 9.91. The van der Waals surface area contributed by atoms with Crippen LogP contribution in [0.1, 0.15) is 38.7 Å². The molecule has 7 nitrogen and oxygen atoms in total. The van der Waals surface area contributed by atoms with Crippen LogP contribution in [0.15, 0.2) is 47.6 Å². The van der Waals surface area contributed by atoms with Crippen LogP contribution in [0.2, 0.25) is 0 Å². The molecule has 0 aliphatic rings. The molecule has 3 rings (SSSR count). The average molecular weight is 463 g/mol. The molecule has 2 aromatic carbocycles. The largest absolute Gasteiger partial charge is 0.497 e. The zero-order chi connectivity index (χ0) is 23.3. The first-order valence-corrected chi connectivity index (χ1v) is 10.9. The molecular formula is C22H24F2N4O3S. The summed E-state index contributed by atoms with van der Waals surface area (Å²) in [6, 6.07) is 10.1. The Labute approximate surface area is 189 Å². The third-order valence-corrected chi connectivity index (χ3v) is 5.40. The number of nitrogens with one attached hydrogen (secondary N) is 1. The second-order valence-corrected chi connectivity index (χ2v) is 8.15. The lowest BCUT2D eigenvalue weighted by Gasteiger charge is -2.19. The van der Waals surface area contributed by atoms with Crippen molar-refractivity contribution in [2.24, 2.45) is 0 Å². The Hall–Kier alpha value is -3.14. The normalized spacial score (nSPS) is 12.0. The van der Waals surface area contributed by atoms with E-state index in [1.807, 2.05) is 43.5 Å². The van der Waals surface area contributed by atoms with Crippen molar-refractivity contribution in [2.45, 2.75) is 38.1 Å². The fraction of sp³-hybridized carbons (Fsp3) is 0.318. The molecule has 1 aromatic heterocycles. The van der Waals surface area contributed by atoms with E-state index in [4.69, 9.17) is 9.47 Å². The van der Waals surface area contributed by atoms with Crippen LogP contribution >= 0.6 is 11.8 Å². The summed E-state index contributed by atoms with van der Waals surface area (Å²) in [5.74, 6) is 0.0237. The molecule has 0 aliphatic heterocycles. The smallest absolute Gasteiger partial charge is 0.234 e. The van der Waals surface area contributed by atoms with E-state index in [0.29, 0.717) is 22.5 Å². The molecule has 0 spiro atoms. The first-order chi connectivity index (χ1) is 15.3. The van der Waals surface area contributed by atoms with E-state index < -0.39 is 23.6 Å². The van der Waals surface area contributed by atoms with Gasteiger partial charge in [-0.05, 0) is 45.0 Å². The molecule has 10 heteroatoms. The van der Waals surface area contributed by atoms with E-state index in [9.17, 15) is 13.6 Å². The maximum atomic E-state index is 13.7. The summed E-state index contributed by atoms with van der Waals surface area (Å²) in [7, 11) is 1.58. The average Bonchev–Trinajstić information content (AvgIpc) is 3.19. The molecule has 0 fully saturated rings. The third-order valence-electron chi connectivity index (χ3n) is 4.46. The summed E-state index contributed by atoms with van der Waals surface area (Å²) in [6.45, 7) is 5.80. The van der Waals surface area contributed by atoms with Crippen LogP contribution in [0.3, 0.4) is 0 Å². The zero-order valence-electron chi connectivity index (χ0n) is 18.1. The van der Waals surface area contributed by atoms with E-state index in [1.165, 1.54) is 0 Å². The van der Waals surface area contributed by atoms with E-state index in [-0.39, 0.29) is 17.5 Å². The van der Waals surface area contributed by atoms with Gasteiger partial charge in [0, 0.05) is 18.2 Å². The summed E-state index contributed by atoms with van der Waals surface area (Å²) < 4.78 is 40.2. The highest BCUT2D eigenvalue weighted by atomic mass is 32.2. The Morgan fingerprint density at radius 2 is 1.88 bits per heavy atom. The molecule has 0 bridgehead atoms. The van der Waals surface area contributed by atoms with Gasteiger partial charge in [-0.1, -0.05) is 17.8 Å². The van der Waals surface area contributed by atoms with Gasteiger partial charge in [0.2, 0.25) is 5.91 Å². The number of halogens is 2. The standard InChI is InChI=1S/C22H24F2N4O3S/c1-13(2)28-21(14(3)31-17-7-5-6-16(11-17)30-4)26-27-22(28)32-12-20(29)25-19-10-15(23)8-9-18(19)24/h5-11,13-14H,12H2,1-4H3,(H,25,29). The van der Waals surface area contributed by atoms with Gasteiger partial charge in [-0.25, -0.2) is 8.78 Å². The Kier molecular flexibility index (Phi) is 7.68. The van der Waals surface area contributed by atoms with Crippen LogP contribution in [-0.4, -0.2) is 33.5 Å². The number of nitrogens with zero attached hydrogens (tertiary/aromatic N) is 3. The number of benzene rings is 2. The van der Waals surface area contributed by atoms with Gasteiger partial charge in [-0.3, -0.25) is 4.79 Å². The van der Waals surface area contributed by atoms with Gasteiger partial charge in [0.1, 0.15) is 23.1 Å². The van der Waals surface area contributed by atoms with Crippen molar-refractivity contribution >= 4 is 23.4 Å². The van der Waals surface area contributed by atoms with E-state index >= 15 is 0 Å². The molecule has 3 aromatic rings. The summed E-state index contributed by atoms with van der Waals surface area (Å²) in [4.78, 5) is 12.3. The minimum atomic E-state index is -0.708. The molecule has 32 heavy (non-hydrogen) atoms. The van der Waals surface area contributed by atoms with Crippen molar-refractivity contribution in [3.05, 3.63) is 59.9 Å². The van der Waals surface area contributed by atoms with E-state index in [1.54, 1.807) is 13.2 Å².